The lowest BCUT2D eigenvalue weighted by Crippen LogP contribution is -2.07. The molecule has 0 bridgehead atoms. The maximum atomic E-state index is 6.36. The van der Waals surface area contributed by atoms with Crippen LogP contribution < -0.4 is 0 Å². The van der Waals surface area contributed by atoms with Crippen LogP contribution in [0.1, 0.15) is 40.5 Å². The van der Waals surface area contributed by atoms with Gasteiger partial charge >= 0.3 is 0 Å². The van der Waals surface area contributed by atoms with Crippen LogP contribution in [0.25, 0.3) is 78.3 Å². The van der Waals surface area contributed by atoms with Gasteiger partial charge in [-0.15, -0.1) is 0 Å². The average Bonchev–Trinajstić information content (AvgIpc) is 3.85. The van der Waals surface area contributed by atoms with Gasteiger partial charge < -0.3 is 13.6 Å². The fourth-order valence-corrected chi connectivity index (χ4v) is 8.84. The molecule has 11 rings (SSSR count). The first-order chi connectivity index (χ1) is 25.3. The van der Waals surface area contributed by atoms with Crippen LogP contribution in [0.3, 0.4) is 0 Å². The summed E-state index contributed by atoms with van der Waals surface area (Å²) in [5, 5.41) is 5.12. The van der Waals surface area contributed by atoms with E-state index in [9.17, 15) is 0 Å². The molecule has 0 amide bonds. The molecule has 0 aliphatic heterocycles. The molecule has 3 aromatic heterocycles. The number of allylic oxidation sites excluding steroid dienone is 2. The van der Waals surface area contributed by atoms with E-state index in [4.69, 9.17) is 4.42 Å². The molecule has 0 radical (unpaired) electrons. The van der Waals surface area contributed by atoms with Crippen molar-refractivity contribution in [3.05, 3.63) is 180 Å². The van der Waals surface area contributed by atoms with Gasteiger partial charge in [-0.3, -0.25) is 0 Å². The molecule has 0 saturated heterocycles. The van der Waals surface area contributed by atoms with Crippen LogP contribution in [0.15, 0.2) is 156 Å². The summed E-state index contributed by atoms with van der Waals surface area (Å²) in [6, 6.07) is 51.1. The van der Waals surface area contributed by atoms with Crippen LogP contribution in [0.2, 0.25) is 0 Å². The molecule has 3 nitrogen and oxygen atoms in total. The molecule has 3 heteroatoms. The molecule has 0 N–H and O–H groups in total. The number of benzene rings is 6. The summed E-state index contributed by atoms with van der Waals surface area (Å²) in [5.41, 5.74) is 14.8. The predicted octanol–water partition coefficient (Wildman–Crippen LogP) is 12.5. The van der Waals surface area contributed by atoms with Crippen molar-refractivity contribution in [3.63, 3.8) is 0 Å². The molecule has 9 aromatic rings. The first-order valence-corrected chi connectivity index (χ1v) is 18.0. The van der Waals surface area contributed by atoms with E-state index in [-0.39, 0.29) is 5.92 Å². The minimum absolute atomic E-state index is 0.284. The molecule has 51 heavy (non-hydrogen) atoms. The maximum Gasteiger partial charge on any atom is 0.135 e. The standard InChI is InChI=1S/C48H34N2O/c1-2-12-34(13-3-1)49-43-19-9-5-15-36(43)40-28-31(23-26-45(40)49)32-24-27-46-41(29-32)37-16-6-10-20-44(37)50(46)42-18-8-4-14-35(42)33-22-25-39-38-17-7-11-21-47(38)51-48(39)30-33/h1-6,8-16,18-27,29-31H,7,17,28H2. The fourth-order valence-electron chi connectivity index (χ4n) is 8.84. The molecule has 242 valence electrons. The van der Waals surface area contributed by atoms with Crippen LogP contribution in [-0.4, -0.2) is 9.13 Å². The molecule has 1 atom stereocenters. The Labute approximate surface area is 296 Å². The Hall–Kier alpha value is -6.32. The van der Waals surface area contributed by atoms with Crippen LogP contribution in [-0.2, 0) is 12.8 Å². The number of hydrogen-bond donors (Lipinski definition) is 0. The van der Waals surface area contributed by atoms with Gasteiger partial charge in [0.1, 0.15) is 11.3 Å². The Morgan fingerprint density at radius 1 is 0.569 bits per heavy atom. The lowest BCUT2D eigenvalue weighted by atomic mass is 9.86. The smallest absolute Gasteiger partial charge is 0.135 e. The zero-order valence-electron chi connectivity index (χ0n) is 28.1. The maximum absolute atomic E-state index is 6.36. The number of aromatic nitrogens is 2. The van der Waals surface area contributed by atoms with Gasteiger partial charge in [-0.05, 0) is 96.6 Å². The van der Waals surface area contributed by atoms with Gasteiger partial charge in [0.2, 0.25) is 0 Å². The average molecular weight is 655 g/mol. The van der Waals surface area contributed by atoms with E-state index < -0.39 is 0 Å². The van der Waals surface area contributed by atoms with Crippen molar-refractivity contribution in [1.82, 2.24) is 9.13 Å². The fraction of sp³-hybridized carbons (Fsp3) is 0.0833. The van der Waals surface area contributed by atoms with E-state index in [1.54, 1.807) is 0 Å². The van der Waals surface area contributed by atoms with Gasteiger partial charge in [0.05, 0.1) is 22.2 Å². The van der Waals surface area contributed by atoms with Crippen LogP contribution in [0.5, 0.6) is 0 Å². The summed E-state index contributed by atoms with van der Waals surface area (Å²) in [7, 11) is 0. The summed E-state index contributed by atoms with van der Waals surface area (Å²) in [6.07, 6.45) is 12.2. The topological polar surface area (TPSA) is 23.0 Å². The third-order valence-corrected chi connectivity index (χ3v) is 11.2. The molecule has 0 fully saturated rings. The number of fused-ring (bicyclic) bond motifs is 9. The van der Waals surface area contributed by atoms with E-state index in [0.717, 1.165) is 36.2 Å². The number of para-hydroxylation sites is 4. The zero-order valence-corrected chi connectivity index (χ0v) is 28.1. The molecular weight excluding hydrogens is 621 g/mol. The molecule has 3 heterocycles. The number of furan rings is 1. The highest BCUT2D eigenvalue weighted by Crippen LogP contribution is 2.42. The van der Waals surface area contributed by atoms with Crippen molar-refractivity contribution < 1.29 is 4.42 Å². The minimum Gasteiger partial charge on any atom is -0.456 e. The molecule has 1 unspecified atom stereocenters. The van der Waals surface area contributed by atoms with E-state index >= 15 is 0 Å². The van der Waals surface area contributed by atoms with Gasteiger partial charge in [0.25, 0.3) is 0 Å². The Balaban J connectivity index is 1.03. The van der Waals surface area contributed by atoms with Crippen molar-refractivity contribution in [2.24, 2.45) is 0 Å². The Bertz CT molecular complexity index is 2890. The van der Waals surface area contributed by atoms with Gasteiger partial charge in [0.15, 0.2) is 0 Å². The van der Waals surface area contributed by atoms with Crippen LogP contribution in [0, 0.1) is 0 Å². The minimum atomic E-state index is 0.284. The highest BCUT2D eigenvalue weighted by molar-refractivity contribution is 6.10. The van der Waals surface area contributed by atoms with Crippen LogP contribution in [0.4, 0.5) is 0 Å². The monoisotopic (exact) mass is 654 g/mol. The highest BCUT2D eigenvalue weighted by atomic mass is 16.3. The van der Waals surface area contributed by atoms with E-state index in [1.807, 2.05) is 0 Å². The molecule has 0 saturated carbocycles. The SMILES string of the molecule is C1=Cc2oc3cc(-c4ccccc4-n4c5ccccc5c5cc(C6C=Cc7c(c8ccccc8n7-c7ccccc7)C6)ccc54)ccc3c2CC1. The number of rotatable bonds is 4. The number of nitrogens with zero attached hydrogens (tertiary/aromatic N) is 2. The lowest BCUT2D eigenvalue weighted by Gasteiger charge is -2.20. The molecular formula is C48H34N2O. The summed E-state index contributed by atoms with van der Waals surface area (Å²) in [5.74, 6) is 1.29. The molecule has 2 aliphatic rings. The largest absolute Gasteiger partial charge is 0.456 e. The van der Waals surface area contributed by atoms with Crippen molar-refractivity contribution in [2.45, 2.75) is 25.2 Å². The Kier molecular flexibility index (Phi) is 6.20. The summed E-state index contributed by atoms with van der Waals surface area (Å²) in [6.45, 7) is 0. The Morgan fingerprint density at radius 2 is 1.33 bits per heavy atom. The van der Waals surface area contributed by atoms with Gasteiger partial charge in [-0.25, -0.2) is 0 Å². The zero-order chi connectivity index (χ0) is 33.5. The van der Waals surface area contributed by atoms with Gasteiger partial charge in [0, 0.05) is 50.0 Å². The van der Waals surface area contributed by atoms with Crippen molar-refractivity contribution in [2.75, 3.05) is 0 Å². The summed E-state index contributed by atoms with van der Waals surface area (Å²) >= 11 is 0. The highest BCUT2D eigenvalue weighted by Gasteiger charge is 2.25. The normalized spacial score (nSPS) is 15.3. The van der Waals surface area contributed by atoms with Crippen molar-refractivity contribution in [3.8, 4) is 22.5 Å². The predicted molar refractivity (Wildman–Crippen MR) is 212 cm³/mol. The summed E-state index contributed by atoms with van der Waals surface area (Å²) in [4.78, 5) is 0. The van der Waals surface area contributed by atoms with Crippen molar-refractivity contribution >= 4 is 55.8 Å². The lowest BCUT2D eigenvalue weighted by molar-refractivity contribution is 0.595. The van der Waals surface area contributed by atoms with Gasteiger partial charge in [-0.2, -0.15) is 0 Å². The second-order valence-corrected chi connectivity index (χ2v) is 14.0. The third kappa shape index (κ3) is 4.31. The van der Waals surface area contributed by atoms with E-state index in [1.165, 1.54) is 77.4 Å². The van der Waals surface area contributed by atoms with Gasteiger partial charge in [-0.1, -0.05) is 103 Å². The van der Waals surface area contributed by atoms with E-state index in [0.29, 0.717) is 0 Å². The van der Waals surface area contributed by atoms with Crippen LogP contribution >= 0.6 is 0 Å². The van der Waals surface area contributed by atoms with Crippen molar-refractivity contribution in [1.29, 1.82) is 0 Å². The third-order valence-electron chi connectivity index (χ3n) is 11.2. The molecule has 6 aromatic carbocycles. The second-order valence-electron chi connectivity index (χ2n) is 14.0. The second kappa shape index (κ2) is 11.1. The first kappa shape index (κ1) is 28.5. The first-order valence-electron chi connectivity index (χ1n) is 18.0. The molecule has 0 spiro atoms. The summed E-state index contributed by atoms with van der Waals surface area (Å²) < 4.78 is 11.2. The number of hydrogen-bond acceptors (Lipinski definition) is 1. The molecule has 2 aliphatic carbocycles. The quantitative estimate of drug-likeness (QED) is 0.185. The number of aryl methyl sites for hydroxylation is 1. The Morgan fingerprint density at radius 3 is 2.24 bits per heavy atom. The van der Waals surface area contributed by atoms with E-state index in [2.05, 4.69) is 173 Å².